The summed E-state index contributed by atoms with van der Waals surface area (Å²) in [6.45, 7) is 3.41. The Kier molecular flexibility index (Phi) is 6.56. The van der Waals surface area contributed by atoms with Crippen LogP contribution in [-0.4, -0.2) is 27.3 Å². The van der Waals surface area contributed by atoms with Crippen LogP contribution in [0.2, 0.25) is 5.02 Å². The summed E-state index contributed by atoms with van der Waals surface area (Å²) in [5.41, 5.74) is 2.40. The normalized spacial score (nSPS) is 11.4. The van der Waals surface area contributed by atoms with Crippen molar-refractivity contribution in [2.45, 2.75) is 18.9 Å². The highest BCUT2D eigenvalue weighted by molar-refractivity contribution is 7.98. The molecule has 0 aliphatic carbocycles. The maximum absolute atomic E-state index is 11.8. The number of hydrogen-bond donors (Lipinski definition) is 1. The first-order chi connectivity index (χ1) is 13.9. The quantitative estimate of drug-likeness (QED) is 0.291. The van der Waals surface area contributed by atoms with E-state index < -0.39 is 5.97 Å². The van der Waals surface area contributed by atoms with Gasteiger partial charge in [0.2, 0.25) is 5.88 Å². The van der Waals surface area contributed by atoms with Gasteiger partial charge in [-0.1, -0.05) is 41.9 Å². The molecule has 29 heavy (non-hydrogen) atoms. The van der Waals surface area contributed by atoms with Crippen molar-refractivity contribution in [2.75, 3.05) is 6.26 Å². The molecule has 5 nitrogen and oxygen atoms in total. The molecule has 0 amide bonds. The molecule has 1 heterocycles. The number of benzene rings is 2. The van der Waals surface area contributed by atoms with Gasteiger partial charge in [0.15, 0.2) is 0 Å². The van der Waals surface area contributed by atoms with Gasteiger partial charge in [0.25, 0.3) is 0 Å². The van der Waals surface area contributed by atoms with E-state index in [-0.39, 0.29) is 11.5 Å². The fraction of sp³-hybridized carbons (Fsp3) is 0.136. The lowest BCUT2D eigenvalue weighted by molar-refractivity contribution is -0.130. The van der Waals surface area contributed by atoms with Crippen LogP contribution in [-0.2, 0) is 4.79 Å². The average molecular weight is 427 g/mol. The molecule has 0 fully saturated rings. The van der Waals surface area contributed by atoms with Gasteiger partial charge in [0, 0.05) is 5.02 Å². The molecule has 0 saturated carbocycles. The number of carboxylic acids is 1. The molecule has 0 aliphatic rings. The summed E-state index contributed by atoms with van der Waals surface area (Å²) in [6.07, 6.45) is 3.36. The summed E-state index contributed by atoms with van der Waals surface area (Å²) in [7, 11) is 0. The lowest BCUT2D eigenvalue weighted by atomic mass is 10.1. The summed E-state index contributed by atoms with van der Waals surface area (Å²) in [4.78, 5) is 20.5. The van der Waals surface area contributed by atoms with E-state index in [1.165, 1.54) is 17.8 Å². The van der Waals surface area contributed by atoms with Crippen molar-refractivity contribution in [2.24, 2.45) is 0 Å². The molecule has 148 valence electrons. The Bertz CT molecular complexity index is 1080. The molecule has 0 spiro atoms. The molecular formula is C22H19ClN2O3S. The zero-order valence-corrected chi connectivity index (χ0v) is 17.7. The molecule has 1 aromatic heterocycles. The first kappa shape index (κ1) is 20.9. The fourth-order valence-electron chi connectivity index (χ4n) is 2.84. The summed E-state index contributed by atoms with van der Waals surface area (Å²) in [6, 6.07) is 15.0. The van der Waals surface area contributed by atoms with Crippen LogP contribution in [0.4, 0.5) is 0 Å². The summed E-state index contributed by atoms with van der Waals surface area (Å²) < 4.78 is 6.06. The van der Waals surface area contributed by atoms with E-state index in [1.807, 2.05) is 48.7 Å². The van der Waals surface area contributed by atoms with Crippen molar-refractivity contribution < 1.29 is 14.6 Å². The molecule has 2 aromatic carbocycles. The fourth-order valence-corrected chi connectivity index (χ4v) is 3.59. The van der Waals surface area contributed by atoms with Crippen LogP contribution < -0.4 is 4.74 Å². The predicted octanol–water partition coefficient (Wildman–Crippen LogP) is 6.11. The number of aromatic nitrogens is 2. The van der Waals surface area contributed by atoms with Crippen molar-refractivity contribution in [1.82, 2.24) is 9.97 Å². The number of thioether (sulfide) groups is 1. The molecular weight excluding hydrogens is 408 g/mol. The van der Waals surface area contributed by atoms with Crippen LogP contribution in [0.5, 0.6) is 11.6 Å². The molecule has 7 heteroatoms. The Hall–Kier alpha value is -2.83. The van der Waals surface area contributed by atoms with E-state index in [2.05, 4.69) is 9.97 Å². The Labute approximate surface area is 178 Å². The van der Waals surface area contributed by atoms with Crippen molar-refractivity contribution in [3.8, 4) is 22.8 Å². The number of ether oxygens (including phenoxy) is 1. The van der Waals surface area contributed by atoms with Gasteiger partial charge in [0.1, 0.15) is 16.6 Å². The smallest absolute Gasteiger partial charge is 0.336 e. The third-order valence-corrected chi connectivity index (χ3v) is 5.10. The Balaban J connectivity index is 2.06. The van der Waals surface area contributed by atoms with Crippen molar-refractivity contribution in [3.63, 3.8) is 0 Å². The van der Waals surface area contributed by atoms with E-state index in [0.29, 0.717) is 27.2 Å². The largest absolute Gasteiger partial charge is 0.478 e. The molecule has 0 saturated heterocycles. The predicted molar refractivity (Wildman–Crippen MR) is 117 cm³/mol. The number of carboxylic acid groups (broad SMARTS) is 1. The first-order valence-corrected chi connectivity index (χ1v) is 10.4. The van der Waals surface area contributed by atoms with Gasteiger partial charge < -0.3 is 9.84 Å². The van der Waals surface area contributed by atoms with E-state index in [1.54, 1.807) is 19.9 Å². The average Bonchev–Trinajstić information content (AvgIpc) is 2.70. The van der Waals surface area contributed by atoms with E-state index in [4.69, 9.17) is 16.3 Å². The highest BCUT2D eigenvalue weighted by atomic mass is 35.5. The van der Waals surface area contributed by atoms with Crippen LogP contribution >= 0.6 is 23.4 Å². The molecule has 1 N–H and O–H groups in total. The number of hydrogen-bond acceptors (Lipinski definition) is 5. The van der Waals surface area contributed by atoms with Gasteiger partial charge in [-0.15, -0.1) is 11.8 Å². The number of rotatable bonds is 6. The monoisotopic (exact) mass is 426 g/mol. The standard InChI is InChI=1S/C22H19ClN2O3S/c1-4-18(22(26)27)19-20(24-13(2)25-21(19)29-3)28-17-7-5-6-15(12-17)14-8-10-16(23)11-9-14/h4-12H,1-3H3,(H,26,27). The second-order valence-corrected chi connectivity index (χ2v) is 7.34. The third-order valence-electron chi connectivity index (χ3n) is 4.16. The van der Waals surface area contributed by atoms with Crippen LogP contribution in [0.15, 0.2) is 59.6 Å². The van der Waals surface area contributed by atoms with Gasteiger partial charge in [-0.2, -0.15) is 4.98 Å². The van der Waals surface area contributed by atoms with Crippen LogP contribution in [0.25, 0.3) is 16.7 Å². The van der Waals surface area contributed by atoms with E-state index in [0.717, 1.165) is 11.1 Å². The van der Waals surface area contributed by atoms with Crippen molar-refractivity contribution >= 4 is 34.9 Å². The Morgan fingerprint density at radius 2 is 1.86 bits per heavy atom. The maximum atomic E-state index is 11.8. The zero-order chi connectivity index (χ0) is 21.0. The number of halogens is 1. The SMILES string of the molecule is CC=C(C(=O)O)c1c(Oc2cccc(-c3ccc(Cl)cc3)c2)nc(C)nc1SC. The van der Waals surface area contributed by atoms with Gasteiger partial charge in [-0.25, -0.2) is 9.78 Å². The van der Waals surface area contributed by atoms with Crippen molar-refractivity contribution in [1.29, 1.82) is 0 Å². The molecule has 0 atom stereocenters. The van der Waals surface area contributed by atoms with Crippen molar-refractivity contribution in [3.05, 3.63) is 71.0 Å². The molecule has 3 aromatic rings. The highest BCUT2D eigenvalue weighted by Gasteiger charge is 2.23. The minimum Gasteiger partial charge on any atom is -0.478 e. The van der Waals surface area contributed by atoms with E-state index >= 15 is 0 Å². The van der Waals surface area contributed by atoms with Gasteiger partial charge in [0.05, 0.1) is 11.1 Å². The van der Waals surface area contributed by atoms with Gasteiger partial charge in [-0.3, -0.25) is 0 Å². The van der Waals surface area contributed by atoms with Crippen LogP contribution in [0.1, 0.15) is 18.3 Å². The highest BCUT2D eigenvalue weighted by Crippen LogP contribution is 2.36. The summed E-state index contributed by atoms with van der Waals surface area (Å²) in [5.74, 6) is 0.202. The number of nitrogens with zero attached hydrogens (tertiary/aromatic N) is 2. The summed E-state index contributed by atoms with van der Waals surface area (Å²) in [5, 5.41) is 10.8. The van der Waals surface area contributed by atoms with Gasteiger partial charge in [-0.05, 0) is 55.5 Å². The lowest BCUT2D eigenvalue weighted by Crippen LogP contribution is -2.07. The second-order valence-electron chi connectivity index (χ2n) is 6.10. The first-order valence-electron chi connectivity index (χ1n) is 8.79. The number of allylic oxidation sites excluding steroid dienone is 1. The third kappa shape index (κ3) is 4.78. The number of aliphatic carboxylic acids is 1. The minimum absolute atomic E-state index is 0.0956. The van der Waals surface area contributed by atoms with Crippen LogP contribution in [0.3, 0.4) is 0 Å². The Morgan fingerprint density at radius 3 is 2.48 bits per heavy atom. The molecule has 0 radical (unpaired) electrons. The zero-order valence-electron chi connectivity index (χ0n) is 16.1. The van der Waals surface area contributed by atoms with Gasteiger partial charge >= 0.3 is 5.97 Å². The molecule has 3 rings (SSSR count). The number of aryl methyl sites for hydroxylation is 1. The molecule has 0 aliphatic heterocycles. The molecule has 0 unspecified atom stereocenters. The topological polar surface area (TPSA) is 72.3 Å². The summed E-state index contributed by atoms with van der Waals surface area (Å²) >= 11 is 7.32. The maximum Gasteiger partial charge on any atom is 0.336 e. The van der Waals surface area contributed by atoms with Crippen LogP contribution in [0, 0.1) is 6.92 Å². The number of carbonyl (C=O) groups is 1. The lowest BCUT2D eigenvalue weighted by Gasteiger charge is -2.15. The van der Waals surface area contributed by atoms with E-state index in [9.17, 15) is 9.90 Å². The second kappa shape index (κ2) is 9.11. The minimum atomic E-state index is -1.06. The molecule has 0 bridgehead atoms. The Morgan fingerprint density at radius 1 is 1.14 bits per heavy atom.